The minimum absolute atomic E-state index is 0.0579. The molecule has 1 aromatic rings. The van der Waals surface area contributed by atoms with Crippen molar-refractivity contribution in [1.82, 2.24) is 4.90 Å². The van der Waals surface area contributed by atoms with Gasteiger partial charge in [-0.15, -0.1) is 24.5 Å². The van der Waals surface area contributed by atoms with Crippen molar-refractivity contribution < 1.29 is 4.79 Å². The van der Waals surface area contributed by atoms with Gasteiger partial charge in [0, 0.05) is 18.5 Å². The van der Waals surface area contributed by atoms with E-state index >= 15 is 0 Å². The van der Waals surface area contributed by atoms with E-state index in [1.54, 1.807) is 11.3 Å². The second-order valence-corrected chi connectivity index (χ2v) is 4.49. The van der Waals surface area contributed by atoms with Gasteiger partial charge in [-0.2, -0.15) is 0 Å². The molecule has 0 radical (unpaired) electrons. The highest BCUT2D eigenvalue weighted by Gasteiger charge is 2.25. The lowest BCUT2D eigenvalue weighted by molar-refractivity contribution is -0.130. The number of rotatable bonds is 0. The van der Waals surface area contributed by atoms with Crippen LogP contribution in [0.1, 0.15) is 37.1 Å². The van der Waals surface area contributed by atoms with Gasteiger partial charge in [-0.25, -0.2) is 0 Å². The van der Waals surface area contributed by atoms with Crippen molar-refractivity contribution in [2.45, 2.75) is 33.1 Å². The Morgan fingerprint density at radius 3 is 2.59 bits per heavy atom. The van der Waals surface area contributed by atoms with E-state index in [0.29, 0.717) is 0 Å². The molecule has 17 heavy (non-hydrogen) atoms. The number of carbonyl (C=O) groups excluding carboxylic acids is 1. The van der Waals surface area contributed by atoms with Gasteiger partial charge in [0.1, 0.15) is 0 Å². The quantitative estimate of drug-likeness (QED) is 0.646. The van der Waals surface area contributed by atoms with Gasteiger partial charge in [0.05, 0.1) is 5.92 Å². The van der Waals surface area contributed by atoms with Crippen LogP contribution >= 0.6 is 11.3 Å². The first-order valence-electron chi connectivity index (χ1n) is 6.01. The fourth-order valence-corrected chi connectivity index (χ4v) is 2.78. The highest BCUT2D eigenvalue weighted by molar-refractivity contribution is 7.10. The third-order valence-electron chi connectivity index (χ3n) is 2.64. The van der Waals surface area contributed by atoms with Gasteiger partial charge < -0.3 is 4.90 Å². The maximum Gasteiger partial charge on any atom is 0.230 e. The first-order valence-corrected chi connectivity index (χ1v) is 6.89. The third-order valence-corrected chi connectivity index (χ3v) is 3.78. The summed E-state index contributed by atoms with van der Waals surface area (Å²) in [6.45, 7) is 12.9. The Labute approximate surface area is 109 Å². The summed E-state index contributed by atoms with van der Waals surface area (Å²) in [5.41, 5.74) is 1.36. The predicted molar refractivity (Wildman–Crippen MR) is 76.7 cm³/mol. The summed E-state index contributed by atoms with van der Waals surface area (Å²) in [5.74, 6) is 0.309. The number of likely N-dealkylation sites (N-methyl/N-ethyl adjacent to an activating group) is 1. The number of fused-ring (bicyclic) bond motifs is 1. The first kappa shape index (κ1) is 15.9. The molecule has 0 aromatic carbocycles. The minimum Gasteiger partial charge on any atom is -0.345 e. The van der Waals surface area contributed by atoms with Crippen molar-refractivity contribution in [2.75, 3.05) is 13.6 Å². The smallest absolute Gasteiger partial charge is 0.230 e. The summed E-state index contributed by atoms with van der Waals surface area (Å²) in [4.78, 5) is 14.8. The van der Waals surface area contributed by atoms with E-state index < -0.39 is 0 Å². The summed E-state index contributed by atoms with van der Waals surface area (Å²) in [7, 11) is 1.88. The van der Waals surface area contributed by atoms with Crippen LogP contribution in [-0.4, -0.2) is 24.4 Å². The zero-order chi connectivity index (χ0) is 13.4. The molecule has 0 spiro atoms. The Morgan fingerprint density at radius 2 is 2.00 bits per heavy atom. The second kappa shape index (κ2) is 8.07. The molecule has 1 aliphatic heterocycles. The van der Waals surface area contributed by atoms with E-state index in [2.05, 4.69) is 24.6 Å². The first-order chi connectivity index (χ1) is 8.20. The Bertz CT molecular complexity index is 346. The van der Waals surface area contributed by atoms with Gasteiger partial charge >= 0.3 is 0 Å². The number of amides is 1. The molecule has 1 aromatic heterocycles. The van der Waals surface area contributed by atoms with Crippen LogP contribution in [0.15, 0.2) is 24.6 Å². The van der Waals surface area contributed by atoms with E-state index in [9.17, 15) is 4.79 Å². The average Bonchev–Trinajstić information content (AvgIpc) is 2.83. The monoisotopic (exact) mass is 253 g/mol. The molecule has 1 aliphatic rings. The molecule has 1 atom stereocenters. The molecule has 2 nitrogen and oxygen atoms in total. The summed E-state index contributed by atoms with van der Waals surface area (Å²) in [6.07, 6.45) is 1.01. The van der Waals surface area contributed by atoms with Gasteiger partial charge in [0.2, 0.25) is 5.91 Å². The number of carbonyl (C=O) groups is 1. The number of thiophene rings is 1. The Morgan fingerprint density at radius 1 is 1.41 bits per heavy atom. The molecular weight excluding hydrogens is 230 g/mol. The number of nitrogens with zero attached hydrogens (tertiary/aromatic N) is 1. The van der Waals surface area contributed by atoms with E-state index in [1.165, 1.54) is 10.4 Å². The zero-order valence-electron chi connectivity index (χ0n) is 11.3. The molecule has 1 unspecified atom stereocenters. The standard InChI is InChI=1S/C10H13NOS.C2H6.C2H4/c1-7-9-8(4-6-13-9)3-5-11(2)10(7)12;2*1-2/h4,6-7H,3,5H2,1-2H3;1-2H3;1-2H2. The summed E-state index contributed by atoms with van der Waals surface area (Å²) >= 11 is 1.71. The Balaban J connectivity index is 0.000000581. The SMILES string of the molecule is C=C.CC.CC1C(=O)N(C)CCc2ccsc21. The summed E-state index contributed by atoms with van der Waals surface area (Å²) in [6, 6.07) is 2.14. The molecule has 3 heteroatoms. The fraction of sp³-hybridized carbons (Fsp3) is 0.500. The lowest BCUT2D eigenvalue weighted by Crippen LogP contribution is -2.29. The van der Waals surface area contributed by atoms with Gasteiger partial charge in [0.15, 0.2) is 0 Å². The van der Waals surface area contributed by atoms with E-state index in [4.69, 9.17) is 0 Å². The molecule has 0 N–H and O–H groups in total. The van der Waals surface area contributed by atoms with Crippen LogP contribution in [-0.2, 0) is 11.2 Å². The highest BCUT2D eigenvalue weighted by Crippen LogP contribution is 2.30. The molecule has 2 rings (SSSR count). The zero-order valence-corrected chi connectivity index (χ0v) is 12.1. The van der Waals surface area contributed by atoms with Crippen molar-refractivity contribution in [3.8, 4) is 0 Å². The van der Waals surface area contributed by atoms with Crippen LogP contribution in [0.5, 0.6) is 0 Å². The Kier molecular flexibility index (Phi) is 7.55. The van der Waals surface area contributed by atoms with Crippen LogP contribution < -0.4 is 0 Å². The largest absolute Gasteiger partial charge is 0.345 e. The lowest BCUT2D eigenvalue weighted by Gasteiger charge is -2.16. The van der Waals surface area contributed by atoms with Gasteiger partial charge in [-0.3, -0.25) is 4.79 Å². The average molecular weight is 253 g/mol. The normalized spacial score (nSPS) is 18.0. The van der Waals surface area contributed by atoms with Gasteiger partial charge in [0.25, 0.3) is 0 Å². The molecule has 96 valence electrons. The molecule has 0 bridgehead atoms. The maximum absolute atomic E-state index is 11.7. The van der Waals surface area contributed by atoms with Crippen LogP contribution in [0.4, 0.5) is 0 Å². The topological polar surface area (TPSA) is 20.3 Å². The number of hydrogen-bond donors (Lipinski definition) is 0. The van der Waals surface area contributed by atoms with Gasteiger partial charge in [-0.1, -0.05) is 13.8 Å². The molecule has 0 saturated heterocycles. The van der Waals surface area contributed by atoms with E-state index in [-0.39, 0.29) is 11.8 Å². The molecule has 2 heterocycles. The van der Waals surface area contributed by atoms with Crippen molar-refractivity contribution in [1.29, 1.82) is 0 Å². The van der Waals surface area contributed by atoms with Crippen molar-refractivity contribution in [3.05, 3.63) is 35.0 Å². The van der Waals surface area contributed by atoms with Crippen LogP contribution in [0, 0.1) is 0 Å². The van der Waals surface area contributed by atoms with E-state index in [1.807, 2.05) is 32.7 Å². The van der Waals surface area contributed by atoms with Gasteiger partial charge in [-0.05, 0) is 30.4 Å². The van der Waals surface area contributed by atoms with Crippen molar-refractivity contribution in [3.63, 3.8) is 0 Å². The van der Waals surface area contributed by atoms with Crippen LogP contribution in [0.2, 0.25) is 0 Å². The fourth-order valence-electron chi connectivity index (χ4n) is 1.78. The second-order valence-electron chi connectivity index (χ2n) is 3.54. The third kappa shape index (κ3) is 3.70. The molecule has 0 saturated carbocycles. The van der Waals surface area contributed by atoms with E-state index in [0.717, 1.165) is 13.0 Å². The highest BCUT2D eigenvalue weighted by atomic mass is 32.1. The molecule has 1 amide bonds. The molecular formula is C14H23NOS. The lowest BCUT2D eigenvalue weighted by atomic mass is 10.1. The molecule has 0 aliphatic carbocycles. The van der Waals surface area contributed by atoms with Crippen LogP contribution in [0.3, 0.4) is 0 Å². The van der Waals surface area contributed by atoms with Crippen LogP contribution in [0.25, 0.3) is 0 Å². The maximum atomic E-state index is 11.7. The molecule has 0 fully saturated rings. The number of hydrogen-bond acceptors (Lipinski definition) is 2. The van der Waals surface area contributed by atoms with Crippen molar-refractivity contribution >= 4 is 17.2 Å². The Hall–Kier alpha value is -1.09. The minimum atomic E-state index is 0.0579. The summed E-state index contributed by atoms with van der Waals surface area (Å²) < 4.78 is 0. The predicted octanol–water partition coefficient (Wildman–Crippen LogP) is 3.69. The van der Waals surface area contributed by atoms with Crippen molar-refractivity contribution in [2.24, 2.45) is 0 Å². The summed E-state index contributed by atoms with van der Waals surface area (Å²) in [5, 5.41) is 2.08.